The van der Waals surface area contributed by atoms with Crippen LogP contribution in [0.1, 0.15) is 116 Å². The van der Waals surface area contributed by atoms with Gasteiger partial charge >= 0.3 is 0 Å². The number of benzene rings is 3. The van der Waals surface area contributed by atoms with Gasteiger partial charge in [0.05, 0.1) is 57.6 Å². The van der Waals surface area contributed by atoms with Crippen LogP contribution in [-0.4, -0.2) is 241 Å². The first-order valence-corrected chi connectivity index (χ1v) is 34.5. The SMILES string of the molecule is CC[C@H](C)[C@@H]1NC(=O)[C@H](CC(C)C)N(C)C(=O)C[C@@H](C(=O)N2CCCC(F)(F)C2)N(C)C(=O)[C@H](CC(C)C)NC(C)(C)N(C)[C@H](Cc2ccc(OC)cc2)NC(=O)[C@H](Cc2cccc(I)c2)NC(=O)CN(C)C(=O)[C@H](Cc2ccc(C)cc2)N(C)C(=O)CN(C)C(=O)CN(C)C1=O. The second-order valence-corrected chi connectivity index (χ2v) is 29.0. The molecule has 2 fully saturated rings. The molecule has 0 aliphatic carbocycles. The number of ether oxygens (including phenoxy) is 1. The Hall–Kier alpha value is -7.33. The number of likely N-dealkylation sites (N-methyl/N-ethyl adjacent to an activating group) is 7. The first-order chi connectivity index (χ1) is 45.4. The summed E-state index contributed by atoms with van der Waals surface area (Å²) in [5.74, 6) is -10.5. The highest BCUT2D eigenvalue weighted by molar-refractivity contribution is 14.1. The van der Waals surface area contributed by atoms with E-state index in [2.05, 4.69) is 43.9 Å². The van der Waals surface area contributed by atoms with Crippen LogP contribution >= 0.6 is 22.6 Å². The van der Waals surface area contributed by atoms with Gasteiger partial charge in [-0.25, -0.2) is 8.78 Å². The van der Waals surface area contributed by atoms with E-state index in [-0.39, 0.29) is 56.9 Å². The third kappa shape index (κ3) is 23.1. The number of piperidine rings is 1. The number of carbonyl (C=O) groups is 10. The van der Waals surface area contributed by atoms with Crippen molar-refractivity contribution >= 4 is 81.7 Å². The molecule has 97 heavy (non-hydrogen) atoms. The van der Waals surface area contributed by atoms with E-state index in [1.165, 1.54) is 59.2 Å². The minimum absolute atomic E-state index is 0.00470. The summed E-state index contributed by atoms with van der Waals surface area (Å²) in [6.07, 6.45) is -1.33. The smallest absolute Gasteiger partial charge is 0.265 e. The van der Waals surface area contributed by atoms with Gasteiger partial charge in [0.2, 0.25) is 59.1 Å². The Morgan fingerprint density at radius 1 is 0.639 bits per heavy atom. The third-order valence-electron chi connectivity index (χ3n) is 18.6. The van der Waals surface area contributed by atoms with Gasteiger partial charge in [0.25, 0.3) is 5.92 Å². The Morgan fingerprint density at radius 3 is 1.81 bits per heavy atom. The van der Waals surface area contributed by atoms with Crippen molar-refractivity contribution in [1.29, 1.82) is 0 Å². The summed E-state index contributed by atoms with van der Waals surface area (Å²) < 4.78 is 36.9. The number of hydrogen-bond donors (Lipinski definition) is 4. The van der Waals surface area contributed by atoms with Gasteiger partial charge in [0.1, 0.15) is 36.0 Å². The average molecular weight is 1470 g/mol. The van der Waals surface area contributed by atoms with E-state index in [9.17, 15) is 33.6 Å². The van der Waals surface area contributed by atoms with Gasteiger partial charge in [-0.05, 0) is 128 Å². The molecular weight excluding hydrogens is 1360 g/mol. The molecule has 0 saturated carbocycles. The fourth-order valence-electron chi connectivity index (χ4n) is 12.1. The molecule has 3 aromatic carbocycles. The quantitative estimate of drug-likeness (QED) is 0.149. The largest absolute Gasteiger partial charge is 0.497 e. The van der Waals surface area contributed by atoms with E-state index in [1.54, 1.807) is 40.0 Å². The van der Waals surface area contributed by atoms with Crippen LogP contribution in [0.5, 0.6) is 5.75 Å². The Labute approximate surface area is 585 Å². The molecule has 4 N–H and O–H groups in total. The molecule has 0 bridgehead atoms. The standard InChI is InChI=1S/C71H105F2IN12O11/c1-18-47(7)63-69(96)81(12)41-61(89)79(10)42-62(90)83(14)56(37-48-25-23-46(6)24-26-48)67(94)80(11)40-59(87)75-53(36-50-21-19-22-51(74)35-50)64(91)76-58(38-49-27-29-52(97-17)30-28-49)85(16)70(8,9)78-54(33-44(2)3)66(93)84(15)57(68(95)86-32-20-31-71(72,73)43-86)39-60(88)82(13)55(34-45(4)5)65(92)77-63/h19,21-30,35,44-45,47,53-58,63,78H,18,20,31-34,36-43H2,1-17H3,(H,75,87)(H,76,91)(H,77,92)/t47-,53-,54-,55-,56-,57-,58+,63-/m0/s1. The number of hydrogen-bond acceptors (Lipinski definition) is 13. The summed E-state index contributed by atoms with van der Waals surface area (Å²) in [5, 5.41) is 12.5. The van der Waals surface area contributed by atoms with Crippen LogP contribution < -0.4 is 26.0 Å². The predicted octanol–water partition coefficient (Wildman–Crippen LogP) is 5.33. The first-order valence-electron chi connectivity index (χ1n) is 33.4. The Bertz CT molecular complexity index is 3230. The molecule has 2 aliphatic heterocycles. The Balaban J connectivity index is 1.68. The van der Waals surface area contributed by atoms with E-state index in [4.69, 9.17) is 4.74 Å². The number of alkyl halides is 2. The highest BCUT2D eigenvalue weighted by atomic mass is 127. The zero-order chi connectivity index (χ0) is 72.6. The van der Waals surface area contributed by atoms with Gasteiger partial charge in [0, 0.05) is 78.1 Å². The van der Waals surface area contributed by atoms with E-state index >= 15 is 23.2 Å². The molecule has 0 radical (unpaired) electrons. The van der Waals surface area contributed by atoms with Gasteiger partial charge < -0.3 is 55.0 Å². The van der Waals surface area contributed by atoms with E-state index in [0.717, 1.165) is 39.2 Å². The summed E-state index contributed by atoms with van der Waals surface area (Å²) in [6.45, 7) is 13.9. The Kier molecular flexibility index (Phi) is 29.8. The van der Waals surface area contributed by atoms with Crippen molar-refractivity contribution in [3.05, 3.63) is 98.6 Å². The molecule has 0 aromatic heterocycles. The molecule has 23 nitrogen and oxygen atoms in total. The minimum Gasteiger partial charge on any atom is -0.497 e. The number of nitrogens with one attached hydrogen (secondary N) is 4. The number of carbonyl (C=O) groups excluding carboxylic acids is 10. The molecule has 0 unspecified atom stereocenters. The van der Waals surface area contributed by atoms with Crippen LogP contribution in [0.25, 0.3) is 0 Å². The molecule has 8 atom stereocenters. The van der Waals surface area contributed by atoms with Gasteiger partial charge in [-0.3, -0.25) is 58.2 Å². The number of aryl methyl sites for hydroxylation is 1. The fraction of sp³-hybridized carbons (Fsp3) is 0.606. The topological polar surface area (TPSA) is 254 Å². The van der Waals surface area contributed by atoms with Gasteiger partial charge in [-0.1, -0.05) is 102 Å². The van der Waals surface area contributed by atoms with E-state index in [1.807, 2.05) is 107 Å². The average Bonchev–Trinajstić information content (AvgIpc) is 0.826. The summed E-state index contributed by atoms with van der Waals surface area (Å²) >= 11 is 2.16. The number of halogens is 3. The lowest BCUT2D eigenvalue weighted by atomic mass is 9.95. The zero-order valence-corrected chi connectivity index (χ0v) is 62.0. The number of methoxy groups -OCH3 is 1. The third-order valence-corrected chi connectivity index (χ3v) is 19.2. The molecular formula is C71H105F2IN12O11. The molecule has 26 heteroatoms. The van der Waals surface area contributed by atoms with E-state index in [0.29, 0.717) is 23.3 Å². The van der Waals surface area contributed by atoms with Gasteiger partial charge in [0.15, 0.2) is 0 Å². The van der Waals surface area contributed by atoms with Crippen molar-refractivity contribution in [3.8, 4) is 5.75 Å². The number of amides is 10. The highest BCUT2D eigenvalue weighted by Crippen LogP contribution is 2.29. The molecule has 536 valence electrons. The van der Waals surface area contributed by atoms with Crippen LogP contribution in [0.4, 0.5) is 8.78 Å². The zero-order valence-electron chi connectivity index (χ0n) is 59.8. The van der Waals surface area contributed by atoms with Crippen molar-refractivity contribution in [1.82, 2.24) is 60.5 Å². The lowest BCUT2D eigenvalue weighted by molar-refractivity contribution is -0.155. The van der Waals surface area contributed by atoms with Gasteiger partial charge in [-0.15, -0.1) is 0 Å². The van der Waals surface area contributed by atoms with Crippen molar-refractivity contribution in [3.63, 3.8) is 0 Å². The second-order valence-electron chi connectivity index (χ2n) is 27.8. The van der Waals surface area contributed by atoms with Gasteiger partial charge in [-0.2, -0.15) is 0 Å². The van der Waals surface area contributed by atoms with Crippen LogP contribution in [0, 0.1) is 28.2 Å². The van der Waals surface area contributed by atoms with Crippen molar-refractivity contribution < 1.29 is 61.5 Å². The van der Waals surface area contributed by atoms with Crippen LogP contribution in [0.3, 0.4) is 0 Å². The molecule has 3 aromatic rings. The molecule has 10 amide bonds. The second kappa shape index (κ2) is 36.0. The lowest BCUT2D eigenvalue weighted by Gasteiger charge is -2.45. The summed E-state index contributed by atoms with van der Waals surface area (Å²) in [6, 6.07) is 14.3. The van der Waals surface area contributed by atoms with Crippen molar-refractivity contribution in [2.75, 3.05) is 89.2 Å². The van der Waals surface area contributed by atoms with Crippen LogP contribution in [-0.2, 0) is 67.2 Å². The highest BCUT2D eigenvalue weighted by Gasteiger charge is 2.45. The maximum absolute atomic E-state index is 15.5. The van der Waals surface area contributed by atoms with Crippen LogP contribution in [0.15, 0.2) is 72.8 Å². The summed E-state index contributed by atoms with van der Waals surface area (Å²) in [4.78, 5) is 158. The number of likely N-dealkylation sites (tertiary alicyclic amines) is 1. The maximum Gasteiger partial charge on any atom is 0.265 e. The number of nitrogens with zero attached hydrogens (tertiary/aromatic N) is 8. The first kappa shape index (κ1) is 80.4. The fourth-order valence-corrected chi connectivity index (χ4v) is 12.7. The summed E-state index contributed by atoms with van der Waals surface area (Å²) in [5.41, 5.74) is 1.88. The summed E-state index contributed by atoms with van der Waals surface area (Å²) in [7, 11) is 11.6. The van der Waals surface area contributed by atoms with E-state index < -0.39 is 158 Å². The van der Waals surface area contributed by atoms with Crippen LogP contribution in [0.2, 0.25) is 0 Å². The molecule has 2 aliphatic rings. The monoisotopic (exact) mass is 1470 g/mol. The number of rotatable bonds is 14. The lowest BCUT2D eigenvalue weighted by Crippen LogP contribution is -2.67. The normalized spacial score (nSPS) is 24.0. The minimum atomic E-state index is -3.25. The Morgan fingerprint density at radius 2 is 1.23 bits per heavy atom. The molecule has 0 spiro atoms. The van der Waals surface area contributed by atoms with Crippen molar-refractivity contribution in [2.45, 2.75) is 174 Å². The predicted molar refractivity (Wildman–Crippen MR) is 375 cm³/mol. The maximum atomic E-state index is 15.5. The molecule has 2 saturated heterocycles. The molecule has 5 rings (SSSR count). The van der Waals surface area contributed by atoms with Crippen molar-refractivity contribution in [2.24, 2.45) is 17.8 Å². The molecule has 2 heterocycles.